The van der Waals surface area contributed by atoms with E-state index >= 15 is 0 Å². The number of hydrogen-bond donors (Lipinski definition) is 1. The van der Waals surface area contributed by atoms with Crippen LogP contribution < -0.4 is 14.8 Å². The van der Waals surface area contributed by atoms with Crippen molar-refractivity contribution in [3.05, 3.63) is 109 Å². The standard InChI is InChI=1S/C28H18Cl3N3O5/c1-38-25-11-16(9-19(14-32)28(35)33-26-22(29)12-20(34(36)37)13-23(26)30)10-24(31)27(25)39-15-18-7-4-6-17-5-2-3-8-21(17)18/h2-13H,15H2,1H3,(H,33,35)/b19-9+. The molecule has 0 heterocycles. The first-order valence-electron chi connectivity index (χ1n) is 11.3. The Morgan fingerprint density at radius 2 is 1.74 bits per heavy atom. The zero-order chi connectivity index (χ0) is 28.1. The zero-order valence-electron chi connectivity index (χ0n) is 20.2. The second-order valence-corrected chi connectivity index (χ2v) is 9.35. The van der Waals surface area contributed by atoms with Gasteiger partial charge in [0.2, 0.25) is 0 Å². The summed E-state index contributed by atoms with van der Waals surface area (Å²) >= 11 is 18.6. The van der Waals surface area contributed by atoms with E-state index in [1.807, 2.05) is 48.5 Å². The van der Waals surface area contributed by atoms with Crippen molar-refractivity contribution in [2.24, 2.45) is 0 Å². The van der Waals surface area contributed by atoms with Crippen molar-refractivity contribution in [1.29, 1.82) is 5.26 Å². The number of rotatable bonds is 8. The lowest BCUT2D eigenvalue weighted by molar-refractivity contribution is -0.384. The Morgan fingerprint density at radius 1 is 1.05 bits per heavy atom. The van der Waals surface area contributed by atoms with E-state index in [2.05, 4.69) is 5.32 Å². The number of hydrogen-bond acceptors (Lipinski definition) is 6. The van der Waals surface area contributed by atoms with Crippen LogP contribution in [0.25, 0.3) is 16.8 Å². The van der Waals surface area contributed by atoms with Crippen molar-refractivity contribution in [2.75, 3.05) is 12.4 Å². The highest BCUT2D eigenvalue weighted by Crippen LogP contribution is 2.38. The first-order valence-corrected chi connectivity index (χ1v) is 12.4. The smallest absolute Gasteiger partial charge is 0.272 e. The lowest BCUT2D eigenvalue weighted by atomic mass is 10.1. The van der Waals surface area contributed by atoms with Crippen LogP contribution in [0.2, 0.25) is 15.1 Å². The van der Waals surface area contributed by atoms with Crippen molar-refractivity contribution in [2.45, 2.75) is 6.61 Å². The maximum atomic E-state index is 12.8. The fourth-order valence-corrected chi connectivity index (χ4v) is 4.66. The van der Waals surface area contributed by atoms with E-state index in [1.54, 1.807) is 6.07 Å². The van der Waals surface area contributed by atoms with Crippen molar-refractivity contribution in [1.82, 2.24) is 0 Å². The molecule has 8 nitrogen and oxygen atoms in total. The number of nitrogens with one attached hydrogen (secondary N) is 1. The van der Waals surface area contributed by atoms with Gasteiger partial charge in [-0.05, 0) is 40.1 Å². The van der Waals surface area contributed by atoms with E-state index in [9.17, 15) is 20.2 Å². The number of amides is 1. The summed E-state index contributed by atoms with van der Waals surface area (Å²) in [6.45, 7) is 0.231. The molecule has 11 heteroatoms. The van der Waals surface area contributed by atoms with Crippen molar-refractivity contribution < 1.29 is 19.2 Å². The number of nitro benzene ring substituents is 1. The van der Waals surface area contributed by atoms with Gasteiger partial charge in [0.05, 0.1) is 32.8 Å². The summed E-state index contributed by atoms with van der Waals surface area (Å²) in [4.78, 5) is 23.1. The van der Waals surface area contributed by atoms with Crippen LogP contribution >= 0.6 is 34.8 Å². The molecule has 0 unspecified atom stereocenters. The molecule has 0 radical (unpaired) electrons. The van der Waals surface area contributed by atoms with Gasteiger partial charge in [-0.2, -0.15) is 5.26 Å². The summed E-state index contributed by atoms with van der Waals surface area (Å²) in [6, 6.07) is 20.8. The van der Waals surface area contributed by atoms with Gasteiger partial charge in [-0.3, -0.25) is 14.9 Å². The van der Waals surface area contributed by atoms with Crippen LogP contribution in [0.15, 0.2) is 72.3 Å². The normalized spacial score (nSPS) is 11.1. The van der Waals surface area contributed by atoms with Crippen LogP contribution in [0.5, 0.6) is 11.5 Å². The lowest BCUT2D eigenvalue weighted by Gasteiger charge is -2.15. The largest absolute Gasteiger partial charge is 0.493 e. The minimum Gasteiger partial charge on any atom is -0.493 e. The number of benzene rings is 4. The molecule has 1 N–H and O–H groups in total. The van der Waals surface area contributed by atoms with Crippen molar-refractivity contribution in [3.8, 4) is 17.6 Å². The number of halogens is 3. The van der Waals surface area contributed by atoms with Gasteiger partial charge in [0.1, 0.15) is 18.2 Å². The number of ether oxygens (including phenoxy) is 2. The number of nitriles is 1. The van der Waals surface area contributed by atoms with E-state index < -0.39 is 10.8 Å². The van der Waals surface area contributed by atoms with Crippen LogP contribution in [-0.2, 0) is 11.4 Å². The molecule has 0 saturated carbocycles. The van der Waals surface area contributed by atoms with Gasteiger partial charge in [0.25, 0.3) is 11.6 Å². The van der Waals surface area contributed by atoms with E-state index in [4.69, 9.17) is 44.3 Å². The summed E-state index contributed by atoms with van der Waals surface area (Å²) < 4.78 is 11.5. The number of carbonyl (C=O) groups is 1. The Hall–Kier alpha value is -4.29. The maximum Gasteiger partial charge on any atom is 0.272 e. The van der Waals surface area contributed by atoms with E-state index in [0.717, 1.165) is 28.5 Å². The van der Waals surface area contributed by atoms with E-state index in [-0.39, 0.29) is 38.6 Å². The first-order chi connectivity index (χ1) is 18.7. The summed E-state index contributed by atoms with van der Waals surface area (Å²) in [5, 5.41) is 25.0. The molecule has 0 saturated heterocycles. The third-order valence-corrected chi connectivity index (χ3v) is 6.53. The molecular formula is C28H18Cl3N3O5. The number of anilines is 1. The molecule has 1 amide bonds. The molecule has 4 aromatic rings. The Morgan fingerprint density at radius 3 is 2.41 bits per heavy atom. The second-order valence-electron chi connectivity index (χ2n) is 8.13. The average molecular weight is 583 g/mol. The minimum absolute atomic E-state index is 0.0668. The summed E-state index contributed by atoms with van der Waals surface area (Å²) in [7, 11) is 1.44. The summed E-state index contributed by atoms with van der Waals surface area (Å²) in [6.07, 6.45) is 1.30. The van der Waals surface area contributed by atoms with E-state index in [0.29, 0.717) is 17.1 Å². The molecule has 196 valence electrons. The van der Waals surface area contributed by atoms with Crippen LogP contribution in [0.1, 0.15) is 11.1 Å². The predicted octanol–water partition coefficient (Wildman–Crippen LogP) is 7.84. The van der Waals surface area contributed by atoms with Gasteiger partial charge in [-0.1, -0.05) is 77.3 Å². The number of carbonyl (C=O) groups excluding carboxylic acids is 1. The van der Waals surface area contributed by atoms with Crippen molar-refractivity contribution >= 4 is 68.9 Å². The van der Waals surface area contributed by atoms with Gasteiger partial charge in [-0.15, -0.1) is 0 Å². The third-order valence-electron chi connectivity index (χ3n) is 5.66. The number of non-ortho nitro benzene ring substituents is 1. The highest BCUT2D eigenvalue weighted by atomic mass is 35.5. The Balaban J connectivity index is 1.58. The molecule has 4 aromatic carbocycles. The number of nitrogens with zero attached hydrogens (tertiary/aromatic N) is 2. The van der Waals surface area contributed by atoms with Gasteiger partial charge >= 0.3 is 0 Å². The van der Waals surface area contributed by atoms with Crippen LogP contribution in [-0.4, -0.2) is 17.9 Å². The average Bonchev–Trinajstić information content (AvgIpc) is 2.92. The Labute approximate surface area is 238 Å². The topological polar surface area (TPSA) is 114 Å². The zero-order valence-corrected chi connectivity index (χ0v) is 22.5. The van der Waals surface area contributed by atoms with Crippen LogP contribution in [0, 0.1) is 21.4 Å². The monoisotopic (exact) mass is 581 g/mol. The summed E-state index contributed by atoms with van der Waals surface area (Å²) in [5.41, 5.74) is 0.638. The molecule has 0 spiro atoms. The molecule has 0 bridgehead atoms. The minimum atomic E-state index is -0.832. The van der Waals surface area contributed by atoms with Gasteiger partial charge < -0.3 is 14.8 Å². The Kier molecular flexibility index (Phi) is 8.57. The predicted molar refractivity (Wildman–Crippen MR) is 152 cm³/mol. The SMILES string of the molecule is COc1cc(/C=C(\C#N)C(=O)Nc2c(Cl)cc([N+](=O)[O-])cc2Cl)cc(Cl)c1OCc1cccc2ccccc12. The molecule has 0 atom stereocenters. The van der Waals surface area contributed by atoms with Crippen molar-refractivity contribution in [3.63, 3.8) is 0 Å². The number of methoxy groups -OCH3 is 1. The molecular weight excluding hydrogens is 565 g/mol. The van der Waals surface area contributed by atoms with Gasteiger partial charge in [-0.25, -0.2) is 0 Å². The third kappa shape index (κ3) is 6.24. The van der Waals surface area contributed by atoms with Crippen LogP contribution in [0.4, 0.5) is 11.4 Å². The molecule has 0 fully saturated rings. The molecule has 0 aliphatic rings. The van der Waals surface area contributed by atoms with Crippen LogP contribution in [0.3, 0.4) is 0 Å². The maximum absolute atomic E-state index is 12.8. The Bertz CT molecular complexity index is 1650. The van der Waals surface area contributed by atoms with Gasteiger partial charge in [0, 0.05) is 12.1 Å². The second kappa shape index (κ2) is 12.0. The quantitative estimate of drug-likeness (QED) is 0.0979. The fraction of sp³-hybridized carbons (Fsp3) is 0.0714. The molecule has 4 rings (SSSR count). The van der Waals surface area contributed by atoms with Gasteiger partial charge in [0.15, 0.2) is 11.5 Å². The molecule has 0 aromatic heterocycles. The molecule has 0 aliphatic carbocycles. The first kappa shape index (κ1) is 27.7. The fourth-order valence-electron chi connectivity index (χ4n) is 3.81. The highest BCUT2D eigenvalue weighted by molar-refractivity contribution is 6.40. The number of fused-ring (bicyclic) bond motifs is 1. The summed E-state index contributed by atoms with van der Waals surface area (Å²) in [5.74, 6) is -0.230. The lowest BCUT2D eigenvalue weighted by Crippen LogP contribution is -2.14. The highest BCUT2D eigenvalue weighted by Gasteiger charge is 2.19. The number of nitro groups is 1. The van der Waals surface area contributed by atoms with E-state index in [1.165, 1.54) is 19.3 Å². The molecule has 39 heavy (non-hydrogen) atoms. The molecule has 0 aliphatic heterocycles.